The number of hydrogen-bond donors (Lipinski definition) is 1. The van der Waals surface area contributed by atoms with Gasteiger partial charge in [-0.3, -0.25) is 14.4 Å². The molecule has 2 saturated heterocycles. The molecule has 2 unspecified atom stereocenters. The summed E-state index contributed by atoms with van der Waals surface area (Å²) in [6, 6.07) is 14.1. The number of esters is 1. The maximum absolute atomic E-state index is 13.2. The van der Waals surface area contributed by atoms with Crippen LogP contribution in [0, 0.1) is 5.92 Å². The van der Waals surface area contributed by atoms with Crippen LogP contribution in [0.15, 0.2) is 48.5 Å². The first kappa shape index (κ1) is 21.1. The molecule has 0 bridgehead atoms. The molecule has 31 heavy (non-hydrogen) atoms. The Morgan fingerprint density at radius 2 is 1.87 bits per heavy atom. The molecule has 2 aliphatic rings. The minimum Gasteiger partial charge on any atom is -0.497 e. The summed E-state index contributed by atoms with van der Waals surface area (Å²) >= 11 is 0. The lowest BCUT2D eigenvalue weighted by Gasteiger charge is -2.41. The number of benzene rings is 2. The van der Waals surface area contributed by atoms with Crippen molar-refractivity contribution in [3.63, 3.8) is 0 Å². The van der Waals surface area contributed by atoms with Crippen LogP contribution in [0.1, 0.15) is 24.4 Å². The highest BCUT2D eigenvalue weighted by Crippen LogP contribution is 2.43. The number of nitrogens with zero attached hydrogens (tertiary/aromatic N) is 1. The minimum absolute atomic E-state index is 0.0593. The number of methoxy groups -OCH3 is 2. The molecule has 164 valence electrons. The molecule has 2 heterocycles. The number of piperidine rings is 1. The molecule has 2 fully saturated rings. The van der Waals surface area contributed by atoms with Crippen molar-refractivity contribution < 1.29 is 28.6 Å². The smallest absolute Gasteiger partial charge is 0.311 e. The molecule has 0 aromatic heterocycles. The monoisotopic (exact) mass is 426 g/mol. The summed E-state index contributed by atoms with van der Waals surface area (Å²) in [6.45, 7) is 0.748. The maximum atomic E-state index is 13.2. The molecule has 3 atom stereocenters. The van der Waals surface area contributed by atoms with Crippen molar-refractivity contribution in [2.45, 2.75) is 25.0 Å². The maximum Gasteiger partial charge on any atom is 0.311 e. The van der Waals surface area contributed by atoms with E-state index in [9.17, 15) is 9.59 Å². The third kappa shape index (κ3) is 4.35. The number of hydrogen-bond acceptors (Lipinski definition) is 7. The Morgan fingerprint density at radius 1 is 1.10 bits per heavy atom. The van der Waals surface area contributed by atoms with E-state index < -0.39 is 12.0 Å². The van der Waals surface area contributed by atoms with Gasteiger partial charge in [0.15, 0.2) is 0 Å². The van der Waals surface area contributed by atoms with Crippen LogP contribution >= 0.6 is 0 Å². The van der Waals surface area contributed by atoms with Crippen molar-refractivity contribution in [2.75, 3.05) is 32.3 Å². The second kappa shape index (κ2) is 9.36. The molecular weight excluding hydrogens is 400 g/mol. The second-order valence-electron chi connectivity index (χ2n) is 7.51. The van der Waals surface area contributed by atoms with Crippen LogP contribution in [0.5, 0.6) is 11.5 Å². The number of amides is 1. The van der Waals surface area contributed by atoms with Crippen LogP contribution in [-0.4, -0.2) is 45.4 Å². The van der Waals surface area contributed by atoms with E-state index in [1.54, 1.807) is 31.3 Å². The van der Waals surface area contributed by atoms with Crippen molar-refractivity contribution in [3.8, 4) is 11.5 Å². The van der Waals surface area contributed by atoms with Crippen LogP contribution in [0.3, 0.4) is 0 Å². The molecular formula is C23H26N2O6. The Bertz CT molecular complexity index is 926. The molecule has 0 spiro atoms. The van der Waals surface area contributed by atoms with Crippen molar-refractivity contribution >= 4 is 17.6 Å². The summed E-state index contributed by atoms with van der Waals surface area (Å²) < 4.78 is 16.5. The van der Waals surface area contributed by atoms with Gasteiger partial charge in [0.25, 0.3) is 0 Å². The van der Waals surface area contributed by atoms with Gasteiger partial charge >= 0.3 is 5.97 Å². The highest BCUT2D eigenvalue weighted by molar-refractivity contribution is 5.97. The summed E-state index contributed by atoms with van der Waals surface area (Å²) in [5.74, 6) is 0.350. The van der Waals surface area contributed by atoms with Crippen LogP contribution < -0.4 is 19.9 Å². The van der Waals surface area contributed by atoms with E-state index in [0.717, 1.165) is 5.56 Å². The molecule has 0 radical (unpaired) electrons. The van der Waals surface area contributed by atoms with Gasteiger partial charge in [0.2, 0.25) is 5.91 Å². The summed E-state index contributed by atoms with van der Waals surface area (Å²) in [6.07, 6.45) is 0.295. The SMILES string of the molecule is COc1ccc(N2C(=O)CCC(C(=O)O[C@H]3CNOC3)C2c2ccccc2OC)cc1. The quantitative estimate of drug-likeness (QED) is 0.711. The van der Waals surface area contributed by atoms with Crippen LogP contribution in [0.2, 0.25) is 0 Å². The molecule has 2 aromatic rings. The lowest BCUT2D eigenvalue weighted by molar-refractivity contribution is -0.155. The predicted molar refractivity (Wildman–Crippen MR) is 113 cm³/mol. The van der Waals surface area contributed by atoms with Gasteiger partial charge in [-0.05, 0) is 36.8 Å². The molecule has 2 aliphatic heterocycles. The fourth-order valence-electron chi connectivity index (χ4n) is 4.14. The molecule has 0 saturated carbocycles. The highest BCUT2D eigenvalue weighted by Gasteiger charge is 2.44. The van der Waals surface area contributed by atoms with Crippen molar-refractivity contribution in [2.24, 2.45) is 5.92 Å². The molecule has 8 nitrogen and oxygen atoms in total. The highest BCUT2D eigenvalue weighted by atomic mass is 16.7. The average molecular weight is 426 g/mol. The van der Waals surface area contributed by atoms with Gasteiger partial charge in [0, 0.05) is 17.7 Å². The summed E-state index contributed by atoms with van der Waals surface area (Å²) in [5.41, 5.74) is 4.17. The van der Waals surface area contributed by atoms with Gasteiger partial charge in [-0.25, -0.2) is 0 Å². The lowest BCUT2D eigenvalue weighted by Crippen LogP contribution is -2.46. The van der Waals surface area contributed by atoms with E-state index in [1.807, 2.05) is 36.4 Å². The first-order valence-corrected chi connectivity index (χ1v) is 10.3. The van der Waals surface area contributed by atoms with E-state index in [4.69, 9.17) is 19.0 Å². The summed E-state index contributed by atoms with van der Waals surface area (Å²) in [4.78, 5) is 33.1. The van der Waals surface area contributed by atoms with E-state index in [2.05, 4.69) is 5.48 Å². The molecule has 1 amide bonds. The Labute approximate surface area is 181 Å². The van der Waals surface area contributed by atoms with E-state index >= 15 is 0 Å². The zero-order valence-electron chi connectivity index (χ0n) is 17.6. The molecule has 1 N–H and O–H groups in total. The Morgan fingerprint density at radius 3 is 2.55 bits per heavy atom. The molecule has 8 heteroatoms. The number of anilines is 1. The van der Waals surface area contributed by atoms with Gasteiger partial charge in [0.1, 0.15) is 24.2 Å². The number of carbonyl (C=O) groups is 2. The zero-order valence-corrected chi connectivity index (χ0v) is 17.6. The van der Waals surface area contributed by atoms with Gasteiger partial charge < -0.3 is 19.1 Å². The van der Waals surface area contributed by atoms with Gasteiger partial charge in [-0.1, -0.05) is 18.2 Å². The fourth-order valence-corrected chi connectivity index (χ4v) is 4.14. The second-order valence-corrected chi connectivity index (χ2v) is 7.51. The number of carbonyl (C=O) groups excluding carboxylic acids is 2. The number of para-hydroxylation sites is 1. The average Bonchev–Trinajstić information content (AvgIpc) is 3.32. The number of hydroxylamine groups is 1. The first-order valence-electron chi connectivity index (χ1n) is 10.3. The lowest BCUT2D eigenvalue weighted by atomic mass is 9.83. The van der Waals surface area contributed by atoms with Crippen LogP contribution in [0.25, 0.3) is 0 Å². The number of nitrogens with one attached hydrogen (secondary N) is 1. The summed E-state index contributed by atoms with van der Waals surface area (Å²) in [7, 11) is 3.17. The van der Waals surface area contributed by atoms with Gasteiger partial charge in [0.05, 0.1) is 32.7 Å². The Balaban J connectivity index is 1.74. The fraction of sp³-hybridized carbons (Fsp3) is 0.391. The molecule has 4 rings (SSSR count). The Hall–Kier alpha value is -3.10. The topological polar surface area (TPSA) is 86.3 Å². The Kier molecular flexibility index (Phi) is 6.39. The first-order chi connectivity index (χ1) is 15.1. The van der Waals surface area contributed by atoms with Crippen LogP contribution in [0.4, 0.5) is 5.69 Å². The van der Waals surface area contributed by atoms with Gasteiger partial charge in [-0.15, -0.1) is 0 Å². The molecule has 0 aliphatic carbocycles. The van der Waals surface area contributed by atoms with Crippen molar-refractivity contribution in [1.82, 2.24) is 5.48 Å². The van der Waals surface area contributed by atoms with E-state index in [-0.39, 0.29) is 24.4 Å². The summed E-state index contributed by atoms with van der Waals surface area (Å²) in [5, 5.41) is 0. The standard InChI is InChI=1S/C23H26N2O6/c1-28-16-9-7-15(8-10-16)25-21(26)12-11-19(23(27)31-17-13-24-30-14-17)22(25)18-5-3-4-6-20(18)29-2/h3-10,17,19,22,24H,11-14H2,1-2H3/t17-,19?,22?/m0/s1. The largest absolute Gasteiger partial charge is 0.497 e. The number of ether oxygens (including phenoxy) is 3. The van der Waals surface area contributed by atoms with Gasteiger partial charge in [-0.2, -0.15) is 5.48 Å². The minimum atomic E-state index is -0.562. The normalized spacial score (nSPS) is 23.5. The van der Waals surface area contributed by atoms with Crippen molar-refractivity contribution in [1.29, 1.82) is 0 Å². The third-order valence-corrected chi connectivity index (χ3v) is 5.67. The van der Waals surface area contributed by atoms with Crippen molar-refractivity contribution in [3.05, 3.63) is 54.1 Å². The molecule has 2 aromatic carbocycles. The third-order valence-electron chi connectivity index (χ3n) is 5.67. The van der Waals surface area contributed by atoms with E-state index in [1.165, 1.54) is 0 Å². The number of rotatable bonds is 6. The van der Waals surface area contributed by atoms with E-state index in [0.29, 0.717) is 36.8 Å². The zero-order chi connectivity index (χ0) is 21.8. The predicted octanol–water partition coefficient (Wildman–Crippen LogP) is 2.63. The van der Waals surface area contributed by atoms with Crippen LogP contribution in [-0.2, 0) is 19.2 Å².